The smallest absolute Gasteiger partial charge is 0.311 e. The number of amides is 1. The number of hydrogen-bond donors (Lipinski definition) is 2. The molecule has 122 valence electrons. The molecule has 1 fully saturated rings. The Morgan fingerprint density at radius 2 is 2.09 bits per heavy atom. The Labute approximate surface area is 134 Å². The Kier molecular flexibility index (Phi) is 5.97. The van der Waals surface area contributed by atoms with Gasteiger partial charge in [0.25, 0.3) is 0 Å². The molecule has 2 heterocycles. The van der Waals surface area contributed by atoms with E-state index in [1.54, 1.807) is 11.3 Å². The lowest BCUT2D eigenvalue weighted by Crippen LogP contribution is -2.46. The maximum atomic E-state index is 11.9. The molecule has 2 rings (SSSR count). The third kappa shape index (κ3) is 4.55. The highest BCUT2D eigenvalue weighted by Crippen LogP contribution is 2.30. The average molecular weight is 325 g/mol. The third-order valence-corrected chi connectivity index (χ3v) is 5.21. The molecule has 0 aromatic carbocycles. The first-order valence-corrected chi connectivity index (χ1v) is 8.47. The quantitative estimate of drug-likeness (QED) is 0.807. The van der Waals surface area contributed by atoms with E-state index < -0.39 is 11.4 Å². The maximum absolute atomic E-state index is 11.9. The maximum Gasteiger partial charge on any atom is 0.311 e. The van der Waals surface area contributed by atoms with Crippen LogP contribution in [0.4, 0.5) is 0 Å². The summed E-state index contributed by atoms with van der Waals surface area (Å²) in [6.07, 6.45) is 3.02. The van der Waals surface area contributed by atoms with Crippen molar-refractivity contribution in [1.82, 2.24) is 5.32 Å². The molecule has 0 unspecified atom stereocenters. The van der Waals surface area contributed by atoms with Crippen LogP contribution in [0.1, 0.15) is 35.4 Å². The molecule has 0 atom stereocenters. The molecule has 1 aromatic heterocycles. The second kappa shape index (κ2) is 7.74. The Balaban J connectivity index is 1.73. The summed E-state index contributed by atoms with van der Waals surface area (Å²) in [6.45, 7) is 3.16. The summed E-state index contributed by atoms with van der Waals surface area (Å²) in [4.78, 5) is 26.0. The fraction of sp³-hybridized carbons (Fsp3) is 0.625. The van der Waals surface area contributed by atoms with Crippen molar-refractivity contribution in [2.24, 2.45) is 5.41 Å². The van der Waals surface area contributed by atoms with Gasteiger partial charge in [-0.25, -0.2) is 0 Å². The second-order valence-electron chi connectivity index (χ2n) is 5.84. The first kappa shape index (κ1) is 17.0. The highest BCUT2D eigenvalue weighted by atomic mass is 32.1. The van der Waals surface area contributed by atoms with Crippen LogP contribution in [0.15, 0.2) is 12.1 Å². The normalized spacial score (nSPS) is 17.1. The fourth-order valence-electron chi connectivity index (χ4n) is 2.63. The molecule has 6 heteroatoms. The van der Waals surface area contributed by atoms with Crippen molar-refractivity contribution in [3.8, 4) is 0 Å². The summed E-state index contributed by atoms with van der Waals surface area (Å²) < 4.78 is 5.22. The molecule has 0 saturated carbocycles. The lowest BCUT2D eigenvalue weighted by Gasteiger charge is -2.33. The molecular weight excluding hydrogens is 302 g/mol. The van der Waals surface area contributed by atoms with Crippen molar-refractivity contribution < 1.29 is 19.4 Å². The Hall–Kier alpha value is -1.40. The molecule has 22 heavy (non-hydrogen) atoms. The molecule has 1 saturated heterocycles. The largest absolute Gasteiger partial charge is 0.481 e. The zero-order valence-corrected chi connectivity index (χ0v) is 13.7. The zero-order valence-electron chi connectivity index (χ0n) is 12.9. The highest BCUT2D eigenvalue weighted by molar-refractivity contribution is 7.11. The van der Waals surface area contributed by atoms with Crippen molar-refractivity contribution in [2.75, 3.05) is 19.8 Å². The van der Waals surface area contributed by atoms with E-state index in [4.69, 9.17) is 4.74 Å². The van der Waals surface area contributed by atoms with Crippen LogP contribution >= 0.6 is 11.3 Å². The predicted molar refractivity (Wildman–Crippen MR) is 85.1 cm³/mol. The fourth-order valence-corrected chi connectivity index (χ4v) is 3.56. The lowest BCUT2D eigenvalue weighted by atomic mass is 9.80. The number of rotatable bonds is 7. The number of ether oxygens (including phenoxy) is 1. The number of aliphatic carboxylic acids is 1. The van der Waals surface area contributed by atoms with Gasteiger partial charge in [0, 0.05) is 35.9 Å². The molecule has 1 aromatic rings. The summed E-state index contributed by atoms with van der Waals surface area (Å²) in [5.41, 5.74) is -0.862. The zero-order chi connectivity index (χ0) is 16.0. The van der Waals surface area contributed by atoms with Crippen LogP contribution in [-0.2, 0) is 20.7 Å². The van der Waals surface area contributed by atoms with Crippen molar-refractivity contribution in [3.63, 3.8) is 0 Å². The van der Waals surface area contributed by atoms with Crippen molar-refractivity contribution >= 4 is 23.2 Å². The summed E-state index contributed by atoms with van der Waals surface area (Å²) in [6, 6.07) is 4.18. The van der Waals surface area contributed by atoms with E-state index in [1.807, 2.05) is 0 Å². The first-order valence-electron chi connectivity index (χ1n) is 7.65. The van der Waals surface area contributed by atoms with Crippen LogP contribution < -0.4 is 5.32 Å². The first-order chi connectivity index (χ1) is 10.5. The summed E-state index contributed by atoms with van der Waals surface area (Å²) >= 11 is 1.76. The molecule has 5 nitrogen and oxygen atoms in total. The molecular formula is C16H23NO4S. The summed E-state index contributed by atoms with van der Waals surface area (Å²) in [5, 5.41) is 12.2. The lowest BCUT2D eigenvalue weighted by molar-refractivity contribution is -0.154. The molecule has 2 N–H and O–H groups in total. The third-order valence-electron chi connectivity index (χ3n) is 4.15. The SMILES string of the molecule is Cc1ccc(CCCC(=O)NCC2(C(=O)O)CCOCC2)s1. The monoisotopic (exact) mass is 325 g/mol. The Morgan fingerprint density at radius 1 is 1.36 bits per heavy atom. The van der Waals surface area contributed by atoms with Gasteiger partial charge in [-0.05, 0) is 44.7 Å². The van der Waals surface area contributed by atoms with Gasteiger partial charge >= 0.3 is 5.97 Å². The number of carboxylic acid groups (broad SMARTS) is 1. The van der Waals surface area contributed by atoms with E-state index in [-0.39, 0.29) is 12.5 Å². The van der Waals surface area contributed by atoms with Crippen molar-refractivity contribution in [3.05, 3.63) is 21.9 Å². The number of hydrogen-bond acceptors (Lipinski definition) is 4. The van der Waals surface area contributed by atoms with Crippen LogP contribution in [0.5, 0.6) is 0 Å². The van der Waals surface area contributed by atoms with E-state index in [9.17, 15) is 14.7 Å². The van der Waals surface area contributed by atoms with Crippen LogP contribution in [0.2, 0.25) is 0 Å². The van der Waals surface area contributed by atoms with Gasteiger partial charge < -0.3 is 15.2 Å². The van der Waals surface area contributed by atoms with Gasteiger partial charge in [0.15, 0.2) is 0 Å². The summed E-state index contributed by atoms with van der Waals surface area (Å²) in [5.74, 6) is -0.912. The number of thiophene rings is 1. The highest BCUT2D eigenvalue weighted by Gasteiger charge is 2.40. The number of carboxylic acids is 1. The minimum Gasteiger partial charge on any atom is -0.481 e. The van der Waals surface area contributed by atoms with Crippen LogP contribution in [0.3, 0.4) is 0 Å². The van der Waals surface area contributed by atoms with E-state index in [0.29, 0.717) is 32.5 Å². The average Bonchev–Trinajstić information content (AvgIpc) is 2.91. The number of carbonyl (C=O) groups is 2. The molecule has 1 aliphatic rings. The minimum atomic E-state index is -0.862. The van der Waals surface area contributed by atoms with Crippen molar-refractivity contribution in [2.45, 2.75) is 39.0 Å². The molecule has 0 aliphatic carbocycles. The molecule has 1 aliphatic heterocycles. The number of nitrogens with one attached hydrogen (secondary N) is 1. The van der Waals surface area contributed by atoms with Gasteiger partial charge in [-0.1, -0.05) is 0 Å². The van der Waals surface area contributed by atoms with Crippen molar-refractivity contribution in [1.29, 1.82) is 0 Å². The Morgan fingerprint density at radius 3 is 2.68 bits per heavy atom. The second-order valence-corrected chi connectivity index (χ2v) is 7.21. The van der Waals surface area contributed by atoms with Crippen LogP contribution in [0.25, 0.3) is 0 Å². The van der Waals surface area contributed by atoms with Gasteiger partial charge in [-0.15, -0.1) is 11.3 Å². The van der Waals surface area contributed by atoms with Gasteiger partial charge in [0.05, 0.1) is 5.41 Å². The molecule has 1 amide bonds. The Bertz CT molecular complexity index is 520. The molecule has 0 bridgehead atoms. The molecule has 0 radical (unpaired) electrons. The number of carbonyl (C=O) groups excluding carboxylic acids is 1. The molecule has 0 spiro atoms. The van der Waals surface area contributed by atoms with Gasteiger partial charge in [-0.3, -0.25) is 9.59 Å². The summed E-state index contributed by atoms with van der Waals surface area (Å²) in [7, 11) is 0. The van der Waals surface area contributed by atoms with Gasteiger partial charge in [0.1, 0.15) is 0 Å². The standard InChI is InChI=1S/C16H23NO4S/c1-12-5-6-13(22-12)3-2-4-14(18)17-11-16(15(19)20)7-9-21-10-8-16/h5-6H,2-4,7-11H2,1H3,(H,17,18)(H,19,20). The topological polar surface area (TPSA) is 75.6 Å². The van der Waals surface area contributed by atoms with Gasteiger partial charge in [-0.2, -0.15) is 0 Å². The van der Waals surface area contributed by atoms with E-state index in [2.05, 4.69) is 24.4 Å². The van der Waals surface area contributed by atoms with Gasteiger partial charge in [0.2, 0.25) is 5.91 Å². The van der Waals surface area contributed by atoms with E-state index in [1.165, 1.54) is 9.75 Å². The van der Waals surface area contributed by atoms with E-state index in [0.717, 1.165) is 12.8 Å². The predicted octanol–water partition coefficient (Wildman–Crippen LogP) is 2.38. The van der Waals surface area contributed by atoms with Crippen LogP contribution in [-0.4, -0.2) is 36.7 Å². The minimum absolute atomic E-state index is 0.0691. The van der Waals surface area contributed by atoms with E-state index >= 15 is 0 Å². The van der Waals surface area contributed by atoms with Crippen LogP contribution in [0, 0.1) is 12.3 Å². The number of aryl methyl sites for hydroxylation is 2.